The lowest BCUT2D eigenvalue weighted by Gasteiger charge is -2.19. The summed E-state index contributed by atoms with van der Waals surface area (Å²) in [5, 5.41) is 2.44. The zero-order valence-corrected chi connectivity index (χ0v) is 13.8. The third-order valence-corrected chi connectivity index (χ3v) is 2.93. The van der Waals surface area contributed by atoms with Gasteiger partial charge in [0.25, 0.3) is 10.1 Å². The fourth-order valence-electron chi connectivity index (χ4n) is 1.48. The number of halogens is 1. The third-order valence-electron chi connectivity index (χ3n) is 2.38. The Balaban J connectivity index is 2.61. The van der Waals surface area contributed by atoms with Gasteiger partial charge < -0.3 is 10.1 Å². The number of hydrogen-bond donors (Lipinski definition) is 1. The highest BCUT2D eigenvalue weighted by Gasteiger charge is 2.16. The fourth-order valence-corrected chi connectivity index (χ4v) is 1.83. The number of amides is 1. The quantitative estimate of drug-likeness (QED) is 0.836. The molecule has 0 heterocycles. The van der Waals surface area contributed by atoms with Crippen LogP contribution in [0.5, 0.6) is 0 Å². The Bertz CT molecular complexity index is 637. The summed E-state index contributed by atoms with van der Waals surface area (Å²) in [6, 6.07) is 4.14. The molecule has 0 aliphatic heterocycles. The number of carbonyl (C=O) groups is 1. The van der Waals surface area contributed by atoms with Crippen LogP contribution in [0.25, 0.3) is 0 Å². The summed E-state index contributed by atoms with van der Waals surface area (Å²) >= 11 is 0. The van der Waals surface area contributed by atoms with Crippen LogP contribution in [-0.4, -0.2) is 26.4 Å². The van der Waals surface area contributed by atoms with Gasteiger partial charge in [0.2, 0.25) is 0 Å². The minimum atomic E-state index is -3.58. The summed E-state index contributed by atoms with van der Waals surface area (Å²) in [5.41, 5.74) is 0.00746. The summed E-state index contributed by atoms with van der Waals surface area (Å²) in [7, 11) is -3.58. The van der Waals surface area contributed by atoms with E-state index in [1.54, 1.807) is 20.8 Å². The SMILES string of the molecule is CC(C)(C)OC(=O)NCc1ccc(COS(C)(=O)=O)cc1F. The molecule has 1 aromatic rings. The fraction of sp³-hybridized carbons (Fsp3) is 0.500. The summed E-state index contributed by atoms with van der Waals surface area (Å²) in [4.78, 5) is 11.5. The van der Waals surface area contributed by atoms with Crippen molar-refractivity contribution >= 4 is 16.2 Å². The first-order valence-corrected chi connectivity index (χ1v) is 8.36. The molecule has 1 amide bonds. The lowest BCUT2D eigenvalue weighted by molar-refractivity contribution is 0.0523. The van der Waals surface area contributed by atoms with Crippen molar-refractivity contribution in [3.8, 4) is 0 Å². The molecular formula is C14H20FNO5S. The van der Waals surface area contributed by atoms with E-state index in [4.69, 9.17) is 4.74 Å². The van der Waals surface area contributed by atoms with Crippen molar-refractivity contribution in [3.05, 3.63) is 35.1 Å². The zero-order chi connectivity index (χ0) is 17.0. The summed E-state index contributed by atoms with van der Waals surface area (Å²) in [6.45, 7) is 4.90. The summed E-state index contributed by atoms with van der Waals surface area (Å²) in [5.74, 6) is -0.564. The van der Waals surface area contributed by atoms with Gasteiger partial charge in [-0.25, -0.2) is 9.18 Å². The molecule has 0 saturated heterocycles. The molecule has 0 aliphatic rings. The molecule has 1 aromatic carbocycles. The monoisotopic (exact) mass is 333 g/mol. The number of alkyl carbamates (subject to hydrolysis) is 1. The molecule has 0 unspecified atom stereocenters. The highest BCUT2D eigenvalue weighted by atomic mass is 32.2. The Labute approximate surface area is 129 Å². The Kier molecular flexibility index (Phi) is 5.90. The number of ether oxygens (including phenoxy) is 1. The average molecular weight is 333 g/mol. The number of nitrogens with one attached hydrogen (secondary N) is 1. The first-order chi connectivity index (χ1) is 9.96. The molecule has 22 heavy (non-hydrogen) atoms. The van der Waals surface area contributed by atoms with Crippen molar-refractivity contribution in [1.29, 1.82) is 0 Å². The van der Waals surface area contributed by atoms with E-state index in [9.17, 15) is 17.6 Å². The van der Waals surface area contributed by atoms with Crippen LogP contribution in [-0.2, 0) is 32.2 Å². The van der Waals surface area contributed by atoms with E-state index < -0.39 is 27.6 Å². The molecule has 8 heteroatoms. The standard InChI is InChI=1S/C14H20FNO5S/c1-14(2,3)21-13(17)16-8-11-6-5-10(7-12(11)15)9-20-22(4,18)19/h5-7H,8-9H2,1-4H3,(H,16,17). The van der Waals surface area contributed by atoms with Crippen LogP contribution in [0.15, 0.2) is 18.2 Å². The average Bonchev–Trinajstić information content (AvgIpc) is 2.32. The molecule has 124 valence electrons. The van der Waals surface area contributed by atoms with Crippen molar-refractivity contribution in [2.75, 3.05) is 6.26 Å². The van der Waals surface area contributed by atoms with Crippen LogP contribution in [0.2, 0.25) is 0 Å². The van der Waals surface area contributed by atoms with E-state index in [1.807, 2.05) is 0 Å². The first kappa shape index (κ1) is 18.4. The van der Waals surface area contributed by atoms with E-state index in [0.717, 1.165) is 12.3 Å². The molecule has 0 spiro atoms. The first-order valence-electron chi connectivity index (χ1n) is 6.55. The summed E-state index contributed by atoms with van der Waals surface area (Å²) < 4.78 is 45.2. The van der Waals surface area contributed by atoms with Crippen LogP contribution in [0.1, 0.15) is 31.9 Å². The minimum absolute atomic E-state index is 0.0338. The number of rotatable bonds is 5. The number of carbonyl (C=O) groups excluding carboxylic acids is 1. The molecule has 0 fully saturated rings. The predicted octanol–water partition coefficient (Wildman–Crippen LogP) is 2.33. The van der Waals surface area contributed by atoms with Crippen LogP contribution in [0.4, 0.5) is 9.18 Å². The van der Waals surface area contributed by atoms with Crippen molar-refractivity contribution in [3.63, 3.8) is 0 Å². The highest BCUT2D eigenvalue weighted by Crippen LogP contribution is 2.13. The maximum absolute atomic E-state index is 13.9. The molecule has 0 radical (unpaired) electrons. The van der Waals surface area contributed by atoms with Crippen LogP contribution >= 0.6 is 0 Å². The van der Waals surface area contributed by atoms with Crippen LogP contribution in [0.3, 0.4) is 0 Å². The van der Waals surface area contributed by atoms with Crippen molar-refractivity contribution in [2.24, 2.45) is 0 Å². The van der Waals surface area contributed by atoms with Gasteiger partial charge in [-0.15, -0.1) is 0 Å². The lowest BCUT2D eigenvalue weighted by atomic mass is 10.1. The van der Waals surface area contributed by atoms with Gasteiger partial charge in [-0.2, -0.15) is 8.42 Å². The summed E-state index contributed by atoms with van der Waals surface area (Å²) in [6.07, 6.45) is 0.277. The second kappa shape index (κ2) is 7.06. The molecule has 0 saturated carbocycles. The van der Waals surface area contributed by atoms with Crippen LogP contribution < -0.4 is 5.32 Å². The molecular weight excluding hydrogens is 313 g/mol. The number of hydrogen-bond acceptors (Lipinski definition) is 5. The normalized spacial score (nSPS) is 12.0. The maximum Gasteiger partial charge on any atom is 0.407 e. The third kappa shape index (κ3) is 7.37. The Hall–Kier alpha value is -1.67. The Morgan fingerprint density at radius 2 is 1.95 bits per heavy atom. The Morgan fingerprint density at radius 1 is 1.32 bits per heavy atom. The van der Waals surface area contributed by atoms with E-state index in [0.29, 0.717) is 5.56 Å². The topological polar surface area (TPSA) is 81.7 Å². The molecule has 6 nitrogen and oxygen atoms in total. The molecule has 0 aromatic heterocycles. The molecule has 0 aliphatic carbocycles. The van der Waals surface area contributed by atoms with Gasteiger partial charge in [0.05, 0.1) is 12.9 Å². The second-order valence-corrected chi connectivity index (χ2v) is 7.39. The van der Waals surface area contributed by atoms with Gasteiger partial charge >= 0.3 is 6.09 Å². The van der Waals surface area contributed by atoms with Gasteiger partial charge in [0.1, 0.15) is 11.4 Å². The van der Waals surface area contributed by atoms with E-state index >= 15 is 0 Å². The van der Waals surface area contributed by atoms with Gasteiger partial charge in [-0.1, -0.05) is 12.1 Å². The molecule has 0 atom stereocenters. The van der Waals surface area contributed by atoms with E-state index in [2.05, 4.69) is 9.50 Å². The maximum atomic E-state index is 13.9. The second-order valence-electron chi connectivity index (χ2n) is 5.75. The van der Waals surface area contributed by atoms with E-state index in [-0.39, 0.29) is 18.7 Å². The molecule has 0 bridgehead atoms. The molecule has 1 rings (SSSR count). The van der Waals surface area contributed by atoms with Gasteiger partial charge in [-0.05, 0) is 32.4 Å². The van der Waals surface area contributed by atoms with Crippen molar-refractivity contribution in [2.45, 2.75) is 39.5 Å². The van der Waals surface area contributed by atoms with Gasteiger partial charge in [0.15, 0.2) is 0 Å². The zero-order valence-electron chi connectivity index (χ0n) is 13.0. The lowest BCUT2D eigenvalue weighted by Crippen LogP contribution is -2.32. The smallest absolute Gasteiger partial charge is 0.407 e. The van der Waals surface area contributed by atoms with Crippen molar-refractivity contribution in [1.82, 2.24) is 5.32 Å². The van der Waals surface area contributed by atoms with Crippen molar-refractivity contribution < 1.29 is 26.5 Å². The van der Waals surface area contributed by atoms with E-state index in [1.165, 1.54) is 12.1 Å². The predicted molar refractivity (Wildman–Crippen MR) is 79.1 cm³/mol. The van der Waals surface area contributed by atoms with Gasteiger partial charge in [0, 0.05) is 12.1 Å². The highest BCUT2D eigenvalue weighted by molar-refractivity contribution is 7.85. The Morgan fingerprint density at radius 3 is 2.45 bits per heavy atom. The van der Waals surface area contributed by atoms with Crippen LogP contribution in [0, 0.1) is 5.82 Å². The molecule has 1 N–H and O–H groups in total. The number of benzene rings is 1. The minimum Gasteiger partial charge on any atom is -0.444 e. The largest absolute Gasteiger partial charge is 0.444 e. The van der Waals surface area contributed by atoms with Gasteiger partial charge in [-0.3, -0.25) is 4.18 Å².